The number of carbonyl (C=O) groups is 2. The van der Waals surface area contributed by atoms with Gasteiger partial charge in [0.25, 0.3) is 5.91 Å². The Morgan fingerprint density at radius 3 is 2.17 bits per heavy atom. The van der Waals surface area contributed by atoms with Gasteiger partial charge in [0.15, 0.2) is 0 Å². The van der Waals surface area contributed by atoms with Crippen LogP contribution in [0, 0.1) is 0 Å². The molecule has 0 aliphatic heterocycles. The fraction of sp³-hybridized carbons (Fsp3) is 0.125. The molecule has 7 heteroatoms. The van der Waals surface area contributed by atoms with Crippen molar-refractivity contribution in [2.75, 3.05) is 0 Å². The lowest BCUT2D eigenvalue weighted by atomic mass is 10.1. The Kier molecular flexibility index (Phi) is 6.21. The van der Waals surface area contributed by atoms with Crippen LogP contribution in [0.1, 0.15) is 15.9 Å². The summed E-state index contributed by atoms with van der Waals surface area (Å²) in [5.74, 6) is -1.55. The Morgan fingerprint density at radius 1 is 1.09 bits per heavy atom. The molecule has 2 rings (SSSR count). The molecule has 0 saturated heterocycles. The minimum absolute atomic E-state index is 0.174. The first kappa shape index (κ1) is 18.0. The summed E-state index contributed by atoms with van der Waals surface area (Å²) >= 11 is 12.4. The number of carbonyl (C=O) groups excluding carboxylic acids is 1. The highest BCUT2D eigenvalue weighted by molar-refractivity contribution is 9.11. The fourth-order valence-electron chi connectivity index (χ4n) is 1.98. The van der Waals surface area contributed by atoms with Gasteiger partial charge in [-0.1, -0.05) is 55.6 Å². The molecule has 1 amide bonds. The monoisotopic (exact) mass is 459 g/mol. The number of halogens is 3. The van der Waals surface area contributed by atoms with E-state index >= 15 is 0 Å². The molecular formula is C16H12Br2ClNO3. The van der Waals surface area contributed by atoms with Gasteiger partial charge in [-0.05, 0) is 35.9 Å². The zero-order valence-electron chi connectivity index (χ0n) is 11.7. The number of amides is 1. The lowest BCUT2D eigenvalue weighted by molar-refractivity contribution is -0.139. The molecule has 2 aromatic rings. The van der Waals surface area contributed by atoms with Crippen molar-refractivity contribution in [3.8, 4) is 0 Å². The third kappa shape index (κ3) is 5.34. The number of rotatable bonds is 5. The minimum atomic E-state index is -1.10. The number of hydrogen-bond acceptors (Lipinski definition) is 2. The average Bonchev–Trinajstić information content (AvgIpc) is 2.47. The summed E-state index contributed by atoms with van der Waals surface area (Å²) in [6.07, 6.45) is 0.174. The predicted octanol–water partition coefficient (Wildman–Crippen LogP) is 4.29. The number of hydrogen-bond donors (Lipinski definition) is 2. The van der Waals surface area contributed by atoms with E-state index in [1.807, 2.05) is 0 Å². The maximum atomic E-state index is 12.3. The van der Waals surface area contributed by atoms with Crippen molar-refractivity contribution in [2.24, 2.45) is 0 Å². The smallest absolute Gasteiger partial charge is 0.326 e. The molecule has 4 nitrogen and oxygen atoms in total. The average molecular weight is 462 g/mol. The number of nitrogens with one attached hydrogen (secondary N) is 1. The van der Waals surface area contributed by atoms with E-state index in [1.54, 1.807) is 42.5 Å². The Balaban J connectivity index is 2.14. The molecule has 0 aliphatic carbocycles. The van der Waals surface area contributed by atoms with E-state index in [0.717, 1.165) is 14.5 Å². The SMILES string of the molecule is O=C(N[C@@H](Cc1ccc(Cl)cc1)C(=O)O)c1cc(Br)cc(Br)c1. The summed E-state index contributed by atoms with van der Waals surface area (Å²) in [6.45, 7) is 0. The van der Waals surface area contributed by atoms with Crippen LogP contribution in [-0.4, -0.2) is 23.0 Å². The minimum Gasteiger partial charge on any atom is -0.480 e. The van der Waals surface area contributed by atoms with Crippen molar-refractivity contribution in [3.63, 3.8) is 0 Å². The van der Waals surface area contributed by atoms with Gasteiger partial charge in [-0.2, -0.15) is 0 Å². The second-order valence-corrected chi connectivity index (χ2v) is 7.12. The predicted molar refractivity (Wildman–Crippen MR) is 95.9 cm³/mol. The molecule has 0 aliphatic rings. The van der Waals surface area contributed by atoms with Crippen molar-refractivity contribution in [3.05, 3.63) is 67.6 Å². The molecular weight excluding hydrogens is 449 g/mol. The number of aliphatic carboxylic acids is 1. The van der Waals surface area contributed by atoms with E-state index in [4.69, 9.17) is 11.6 Å². The van der Waals surface area contributed by atoms with Gasteiger partial charge in [0.05, 0.1) is 0 Å². The highest BCUT2D eigenvalue weighted by Gasteiger charge is 2.21. The summed E-state index contributed by atoms with van der Waals surface area (Å²) in [7, 11) is 0. The molecule has 2 N–H and O–H groups in total. The van der Waals surface area contributed by atoms with Crippen LogP contribution in [-0.2, 0) is 11.2 Å². The first-order valence-corrected chi connectivity index (χ1v) is 8.56. The second kappa shape index (κ2) is 7.95. The van der Waals surface area contributed by atoms with Gasteiger partial charge in [0.2, 0.25) is 0 Å². The van der Waals surface area contributed by atoms with Crippen LogP contribution in [0.25, 0.3) is 0 Å². The van der Waals surface area contributed by atoms with Gasteiger partial charge >= 0.3 is 5.97 Å². The molecule has 120 valence electrons. The standard InChI is InChI=1S/C16H12Br2ClNO3/c17-11-6-10(7-12(18)8-11)15(21)20-14(16(22)23)5-9-1-3-13(19)4-2-9/h1-4,6-8,14H,5H2,(H,20,21)(H,22,23)/t14-/m0/s1. The van der Waals surface area contributed by atoms with Crippen LogP contribution in [0.4, 0.5) is 0 Å². The molecule has 0 spiro atoms. The van der Waals surface area contributed by atoms with Gasteiger partial charge in [-0.25, -0.2) is 4.79 Å². The van der Waals surface area contributed by atoms with Gasteiger partial charge in [-0.3, -0.25) is 4.79 Å². The lowest BCUT2D eigenvalue weighted by Gasteiger charge is -2.15. The summed E-state index contributed by atoms with van der Waals surface area (Å²) < 4.78 is 1.45. The zero-order valence-corrected chi connectivity index (χ0v) is 15.7. The molecule has 2 aromatic carbocycles. The normalized spacial score (nSPS) is 11.8. The number of carboxylic acids is 1. The van der Waals surface area contributed by atoms with Gasteiger partial charge < -0.3 is 10.4 Å². The second-order valence-electron chi connectivity index (χ2n) is 4.85. The first-order chi connectivity index (χ1) is 10.8. The maximum Gasteiger partial charge on any atom is 0.326 e. The van der Waals surface area contributed by atoms with Gasteiger partial charge in [0.1, 0.15) is 6.04 Å². The summed E-state index contributed by atoms with van der Waals surface area (Å²) in [5.41, 5.74) is 1.14. The number of carboxylic acid groups (broad SMARTS) is 1. The molecule has 0 aromatic heterocycles. The van der Waals surface area contributed by atoms with Crippen molar-refractivity contribution in [1.82, 2.24) is 5.32 Å². The summed E-state index contributed by atoms with van der Waals surface area (Å²) in [6, 6.07) is 10.9. The van der Waals surface area contributed by atoms with E-state index in [9.17, 15) is 14.7 Å². The highest BCUT2D eigenvalue weighted by atomic mass is 79.9. The Bertz CT molecular complexity index is 714. The third-order valence-corrected chi connectivity index (χ3v) is 4.25. The Morgan fingerprint density at radius 2 is 1.65 bits per heavy atom. The Hall–Kier alpha value is -1.37. The first-order valence-electron chi connectivity index (χ1n) is 6.59. The molecule has 0 heterocycles. The summed E-state index contributed by atoms with van der Waals surface area (Å²) in [4.78, 5) is 23.7. The molecule has 0 saturated carbocycles. The molecule has 0 unspecified atom stereocenters. The molecule has 0 fully saturated rings. The highest BCUT2D eigenvalue weighted by Crippen LogP contribution is 2.20. The van der Waals surface area contributed by atoms with Crippen molar-refractivity contribution < 1.29 is 14.7 Å². The maximum absolute atomic E-state index is 12.3. The van der Waals surface area contributed by atoms with Crippen LogP contribution in [0.2, 0.25) is 5.02 Å². The largest absolute Gasteiger partial charge is 0.480 e. The van der Waals surface area contributed by atoms with E-state index < -0.39 is 17.9 Å². The van der Waals surface area contributed by atoms with Crippen LogP contribution in [0.15, 0.2) is 51.4 Å². The molecule has 0 radical (unpaired) electrons. The van der Waals surface area contributed by atoms with Crippen molar-refractivity contribution >= 4 is 55.3 Å². The number of benzene rings is 2. The van der Waals surface area contributed by atoms with E-state index in [1.165, 1.54) is 0 Å². The molecule has 23 heavy (non-hydrogen) atoms. The molecule has 0 bridgehead atoms. The van der Waals surface area contributed by atoms with Crippen molar-refractivity contribution in [1.29, 1.82) is 0 Å². The third-order valence-electron chi connectivity index (χ3n) is 3.08. The van der Waals surface area contributed by atoms with Crippen LogP contribution < -0.4 is 5.32 Å². The fourth-order valence-corrected chi connectivity index (χ4v) is 3.40. The summed E-state index contributed by atoms with van der Waals surface area (Å²) in [5, 5.41) is 12.4. The van der Waals surface area contributed by atoms with Crippen LogP contribution in [0.3, 0.4) is 0 Å². The topological polar surface area (TPSA) is 66.4 Å². The van der Waals surface area contributed by atoms with E-state index in [-0.39, 0.29) is 6.42 Å². The van der Waals surface area contributed by atoms with E-state index in [2.05, 4.69) is 37.2 Å². The van der Waals surface area contributed by atoms with Gasteiger partial charge in [0, 0.05) is 26.0 Å². The van der Waals surface area contributed by atoms with Crippen LogP contribution in [0.5, 0.6) is 0 Å². The van der Waals surface area contributed by atoms with E-state index in [0.29, 0.717) is 10.6 Å². The molecule has 1 atom stereocenters. The zero-order chi connectivity index (χ0) is 17.0. The van der Waals surface area contributed by atoms with Crippen LogP contribution >= 0.6 is 43.5 Å². The van der Waals surface area contributed by atoms with Crippen molar-refractivity contribution in [2.45, 2.75) is 12.5 Å². The Labute approximate surface area is 155 Å². The quantitative estimate of drug-likeness (QED) is 0.698. The van der Waals surface area contributed by atoms with Gasteiger partial charge in [-0.15, -0.1) is 0 Å². The lowest BCUT2D eigenvalue weighted by Crippen LogP contribution is -2.42.